The van der Waals surface area contributed by atoms with E-state index < -0.39 is 0 Å². The van der Waals surface area contributed by atoms with Gasteiger partial charge in [0.25, 0.3) is 5.91 Å². The Labute approximate surface area is 128 Å². The van der Waals surface area contributed by atoms with Gasteiger partial charge in [-0.25, -0.2) is 0 Å². The number of benzene rings is 1. The van der Waals surface area contributed by atoms with Crippen LogP contribution in [0.1, 0.15) is 37.8 Å². The smallest absolute Gasteiger partial charge is 0.279 e. The molecule has 3 nitrogen and oxygen atoms in total. The van der Waals surface area contributed by atoms with Gasteiger partial charge in [0.1, 0.15) is 0 Å². The van der Waals surface area contributed by atoms with Gasteiger partial charge in [-0.2, -0.15) is 0 Å². The summed E-state index contributed by atoms with van der Waals surface area (Å²) in [4.78, 5) is 12.5. The topological polar surface area (TPSA) is 29.1 Å². The van der Waals surface area contributed by atoms with Gasteiger partial charge in [-0.15, -0.1) is 0 Å². The van der Waals surface area contributed by atoms with E-state index in [1.165, 1.54) is 12.8 Å². The minimum atomic E-state index is 0.156. The molecule has 1 saturated heterocycles. The zero-order chi connectivity index (χ0) is 15.5. The predicted molar refractivity (Wildman–Crippen MR) is 88.3 cm³/mol. The summed E-state index contributed by atoms with van der Waals surface area (Å²) in [5.41, 5.74) is 3.26. The average Bonchev–Trinajstić information content (AvgIpc) is 2.43. The summed E-state index contributed by atoms with van der Waals surface area (Å²) in [6.07, 6.45) is 2.55. The van der Waals surface area contributed by atoms with Crippen molar-refractivity contribution in [3.8, 4) is 0 Å². The lowest BCUT2D eigenvalue weighted by atomic mass is 9.97. The van der Waals surface area contributed by atoms with Crippen molar-refractivity contribution in [3.63, 3.8) is 0 Å². The largest absolute Gasteiger partial charge is 0.321 e. The van der Waals surface area contributed by atoms with Crippen molar-refractivity contribution in [3.05, 3.63) is 29.3 Å². The number of anilines is 1. The minimum Gasteiger partial charge on any atom is -0.321 e. The van der Waals surface area contributed by atoms with Gasteiger partial charge in [0.05, 0.1) is 19.6 Å². The number of para-hydroxylation sites is 1. The highest BCUT2D eigenvalue weighted by molar-refractivity contribution is 5.93. The highest BCUT2D eigenvalue weighted by Gasteiger charge is 2.34. The number of likely N-dealkylation sites (tertiary alicyclic amines) is 1. The summed E-state index contributed by atoms with van der Waals surface area (Å²) < 4.78 is 0.942. The van der Waals surface area contributed by atoms with Crippen molar-refractivity contribution in [1.29, 1.82) is 0 Å². The first-order chi connectivity index (χ1) is 9.96. The van der Waals surface area contributed by atoms with E-state index >= 15 is 0 Å². The number of aryl methyl sites for hydroxylation is 2. The number of hydrogen-bond donors (Lipinski definition) is 1. The van der Waals surface area contributed by atoms with Crippen LogP contribution in [0, 0.1) is 19.8 Å². The van der Waals surface area contributed by atoms with Gasteiger partial charge >= 0.3 is 0 Å². The minimum absolute atomic E-state index is 0.156. The first-order valence-corrected chi connectivity index (χ1v) is 8.17. The molecule has 0 radical (unpaired) electrons. The zero-order valence-electron chi connectivity index (χ0n) is 13.9. The fraction of sp³-hybridized carbons (Fsp3) is 0.611. The van der Waals surface area contributed by atoms with Crippen LogP contribution in [0.5, 0.6) is 0 Å². The predicted octanol–water partition coefficient (Wildman–Crippen LogP) is 3.51. The van der Waals surface area contributed by atoms with Gasteiger partial charge in [0.15, 0.2) is 6.54 Å². The number of hydrogen-bond acceptors (Lipinski definition) is 1. The molecule has 0 spiro atoms. The van der Waals surface area contributed by atoms with Gasteiger partial charge in [-0.05, 0) is 44.7 Å². The number of nitrogens with one attached hydrogen (secondary N) is 1. The summed E-state index contributed by atoms with van der Waals surface area (Å²) in [6.45, 7) is 12.6. The highest BCUT2D eigenvalue weighted by atomic mass is 16.2. The molecule has 1 amide bonds. The van der Waals surface area contributed by atoms with E-state index in [0.717, 1.165) is 46.8 Å². The Hall–Kier alpha value is -1.35. The van der Waals surface area contributed by atoms with E-state index in [1.54, 1.807) is 0 Å². The molecule has 116 valence electrons. The Kier molecular flexibility index (Phi) is 5.04. The second-order valence-corrected chi connectivity index (χ2v) is 6.78. The van der Waals surface area contributed by atoms with Crippen molar-refractivity contribution < 1.29 is 9.28 Å². The Morgan fingerprint density at radius 3 is 2.57 bits per heavy atom. The second-order valence-electron chi connectivity index (χ2n) is 6.78. The molecule has 0 saturated carbocycles. The van der Waals surface area contributed by atoms with Crippen LogP contribution in [0.2, 0.25) is 0 Å². The standard InChI is InChI=1S/C18H28N2O/c1-5-20(11-7-8-14(2)12-20)13-17(21)19-18-15(3)9-6-10-16(18)4/h6,9-10,14H,5,7-8,11-13H2,1-4H3/p+1/t14-,20?/m0/s1. The lowest BCUT2D eigenvalue weighted by Gasteiger charge is -2.42. The van der Waals surface area contributed by atoms with Crippen LogP contribution in [0.15, 0.2) is 18.2 Å². The third-order valence-electron chi connectivity index (χ3n) is 4.92. The van der Waals surface area contributed by atoms with Crippen LogP contribution >= 0.6 is 0 Å². The Morgan fingerprint density at radius 1 is 1.33 bits per heavy atom. The molecule has 2 rings (SSSR count). The van der Waals surface area contributed by atoms with Crippen molar-refractivity contribution in [2.24, 2.45) is 5.92 Å². The molecule has 1 unspecified atom stereocenters. The number of quaternary nitrogens is 1. The average molecular weight is 289 g/mol. The lowest BCUT2D eigenvalue weighted by molar-refractivity contribution is -0.926. The van der Waals surface area contributed by atoms with Gasteiger partial charge in [-0.1, -0.05) is 25.1 Å². The van der Waals surface area contributed by atoms with Crippen molar-refractivity contribution in [1.82, 2.24) is 0 Å². The SMILES string of the molecule is CC[N+]1(CC(=O)Nc2c(C)cccc2C)CCC[C@H](C)C1. The Morgan fingerprint density at radius 2 is 2.00 bits per heavy atom. The molecule has 1 fully saturated rings. The van der Waals surface area contributed by atoms with E-state index in [1.807, 2.05) is 6.07 Å². The molecule has 2 atom stereocenters. The molecule has 1 aliphatic heterocycles. The summed E-state index contributed by atoms with van der Waals surface area (Å²) in [6, 6.07) is 6.14. The normalized spacial score (nSPS) is 25.6. The number of rotatable bonds is 4. The maximum atomic E-state index is 12.5. The molecule has 0 aromatic heterocycles. The molecular formula is C18H29N2O+. The quantitative estimate of drug-likeness (QED) is 0.844. The molecule has 1 aromatic carbocycles. The maximum absolute atomic E-state index is 12.5. The fourth-order valence-corrected chi connectivity index (χ4v) is 3.66. The number of carbonyl (C=O) groups excluding carboxylic acids is 1. The van der Waals surface area contributed by atoms with Crippen LogP contribution < -0.4 is 5.32 Å². The molecular weight excluding hydrogens is 260 g/mol. The van der Waals surface area contributed by atoms with E-state index in [2.05, 4.69) is 45.1 Å². The van der Waals surface area contributed by atoms with Gasteiger partial charge < -0.3 is 9.80 Å². The third-order valence-corrected chi connectivity index (χ3v) is 4.92. The molecule has 0 bridgehead atoms. The molecule has 21 heavy (non-hydrogen) atoms. The van der Waals surface area contributed by atoms with Crippen LogP contribution in [0.25, 0.3) is 0 Å². The number of amides is 1. The van der Waals surface area contributed by atoms with Crippen molar-refractivity contribution >= 4 is 11.6 Å². The van der Waals surface area contributed by atoms with Crippen LogP contribution in [-0.4, -0.2) is 36.6 Å². The van der Waals surface area contributed by atoms with Gasteiger partial charge in [-0.3, -0.25) is 4.79 Å². The summed E-state index contributed by atoms with van der Waals surface area (Å²) in [5.74, 6) is 0.884. The zero-order valence-corrected chi connectivity index (χ0v) is 13.9. The fourth-order valence-electron chi connectivity index (χ4n) is 3.66. The number of carbonyl (C=O) groups is 1. The molecule has 0 aliphatic carbocycles. The molecule has 1 heterocycles. The monoisotopic (exact) mass is 289 g/mol. The van der Waals surface area contributed by atoms with Crippen LogP contribution in [-0.2, 0) is 4.79 Å². The van der Waals surface area contributed by atoms with Crippen molar-refractivity contribution in [2.75, 3.05) is 31.5 Å². The molecule has 1 aliphatic rings. The first-order valence-electron chi connectivity index (χ1n) is 8.17. The molecule has 1 N–H and O–H groups in total. The Balaban J connectivity index is 2.07. The number of nitrogens with zero attached hydrogens (tertiary/aromatic N) is 1. The summed E-state index contributed by atoms with van der Waals surface area (Å²) in [7, 11) is 0. The second kappa shape index (κ2) is 6.61. The lowest BCUT2D eigenvalue weighted by Crippen LogP contribution is -2.57. The van der Waals surface area contributed by atoms with Gasteiger partial charge in [0, 0.05) is 11.6 Å². The van der Waals surface area contributed by atoms with E-state index in [4.69, 9.17) is 0 Å². The van der Waals surface area contributed by atoms with Crippen molar-refractivity contribution in [2.45, 2.75) is 40.5 Å². The molecule has 1 aromatic rings. The number of likely N-dealkylation sites (N-methyl/N-ethyl adjacent to an activating group) is 1. The van der Waals surface area contributed by atoms with E-state index in [-0.39, 0.29) is 5.91 Å². The van der Waals surface area contributed by atoms with E-state index in [0.29, 0.717) is 6.54 Å². The van der Waals surface area contributed by atoms with Gasteiger partial charge in [0.2, 0.25) is 0 Å². The van der Waals surface area contributed by atoms with Crippen LogP contribution in [0.3, 0.4) is 0 Å². The van der Waals surface area contributed by atoms with Crippen LogP contribution in [0.4, 0.5) is 5.69 Å². The third kappa shape index (κ3) is 3.85. The summed E-state index contributed by atoms with van der Waals surface area (Å²) in [5, 5.41) is 3.15. The van der Waals surface area contributed by atoms with E-state index in [9.17, 15) is 4.79 Å². The summed E-state index contributed by atoms with van der Waals surface area (Å²) >= 11 is 0. The highest BCUT2D eigenvalue weighted by Crippen LogP contribution is 2.24. The Bertz CT molecular complexity index is 492. The first kappa shape index (κ1) is 16.0. The number of piperidine rings is 1. The maximum Gasteiger partial charge on any atom is 0.279 e. The molecule has 3 heteroatoms.